The van der Waals surface area contributed by atoms with Gasteiger partial charge in [0, 0.05) is 44.2 Å². The maximum absolute atomic E-state index is 6.00. The van der Waals surface area contributed by atoms with Crippen LogP contribution in [0.4, 0.5) is 0 Å². The Hall–Kier alpha value is -1.91. The van der Waals surface area contributed by atoms with E-state index in [1.54, 1.807) is 0 Å². The third-order valence-corrected chi connectivity index (χ3v) is 4.34. The van der Waals surface area contributed by atoms with Crippen molar-refractivity contribution >= 4 is 0 Å². The van der Waals surface area contributed by atoms with Crippen molar-refractivity contribution in [2.75, 3.05) is 13.2 Å². The minimum absolute atomic E-state index is 0.172. The number of ether oxygens (including phenoxy) is 2. The van der Waals surface area contributed by atoms with E-state index in [4.69, 9.17) is 9.47 Å². The van der Waals surface area contributed by atoms with Crippen molar-refractivity contribution in [3.05, 3.63) is 59.9 Å². The Morgan fingerprint density at radius 1 is 1.20 bits per heavy atom. The molecule has 1 atom stereocenters. The smallest absolute Gasteiger partial charge is 0.124 e. The summed E-state index contributed by atoms with van der Waals surface area (Å²) in [7, 11) is 0. The zero-order chi connectivity index (χ0) is 17.5. The number of nitrogens with zero attached hydrogens (tertiary/aromatic N) is 2. The van der Waals surface area contributed by atoms with E-state index < -0.39 is 0 Å². The van der Waals surface area contributed by atoms with Crippen molar-refractivity contribution in [3.8, 4) is 5.75 Å². The van der Waals surface area contributed by atoms with Crippen molar-refractivity contribution in [2.45, 2.75) is 52.0 Å². The van der Waals surface area contributed by atoms with Crippen LogP contribution >= 0.6 is 0 Å². The summed E-state index contributed by atoms with van der Waals surface area (Å²) >= 11 is 0. The molecule has 1 saturated heterocycles. The highest BCUT2D eigenvalue weighted by molar-refractivity contribution is 5.33. The molecule has 2 aromatic rings. The van der Waals surface area contributed by atoms with Crippen molar-refractivity contribution in [1.82, 2.24) is 9.88 Å². The summed E-state index contributed by atoms with van der Waals surface area (Å²) in [6.45, 7) is 7.66. The van der Waals surface area contributed by atoms with Gasteiger partial charge in [0.1, 0.15) is 5.75 Å². The summed E-state index contributed by atoms with van der Waals surface area (Å²) in [6.07, 6.45) is 6.58. The first-order valence-electron chi connectivity index (χ1n) is 9.18. The van der Waals surface area contributed by atoms with Gasteiger partial charge in [-0.05, 0) is 44.4 Å². The number of rotatable bonds is 8. The Balaban J connectivity index is 1.74. The second-order valence-electron chi connectivity index (χ2n) is 6.94. The second-order valence-corrected chi connectivity index (χ2v) is 6.94. The zero-order valence-corrected chi connectivity index (χ0v) is 15.2. The van der Waals surface area contributed by atoms with Gasteiger partial charge in [-0.1, -0.05) is 24.3 Å². The lowest BCUT2D eigenvalue weighted by molar-refractivity contribution is 0.0673. The molecule has 1 aromatic carbocycles. The van der Waals surface area contributed by atoms with Crippen LogP contribution in [0.2, 0.25) is 0 Å². The first-order valence-corrected chi connectivity index (χ1v) is 9.18. The molecule has 1 unspecified atom stereocenters. The van der Waals surface area contributed by atoms with Crippen LogP contribution in [0.15, 0.2) is 48.8 Å². The molecule has 0 spiro atoms. The van der Waals surface area contributed by atoms with Gasteiger partial charge in [0.15, 0.2) is 0 Å². The molecule has 3 rings (SSSR count). The first kappa shape index (κ1) is 17.9. The zero-order valence-electron chi connectivity index (χ0n) is 15.2. The van der Waals surface area contributed by atoms with Crippen LogP contribution < -0.4 is 4.74 Å². The fraction of sp³-hybridized carbons (Fsp3) is 0.476. The molecular formula is C21H28N2O2. The normalized spacial score (nSPS) is 17.4. The van der Waals surface area contributed by atoms with Crippen LogP contribution in [0.5, 0.6) is 5.75 Å². The molecule has 2 heterocycles. The highest BCUT2D eigenvalue weighted by atomic mass is 16.5. The largest absolute Gasteiger partial charge is 0.491 e. The highest BCUT2D eigenvalue weighted by Gasteiger charge is 2.20. The molecule has 1 fully saturated rings. The molecule has 0 N–H and O–H groups in total. The summed E-state index contributed by atoms with van der Waals surface area (Å²) in [5.41, 5.74) is 2.45. The molecule has 25 heavy (non-hydrogen) atoms. The fourth-order valence-electron chi connectivity index (χ4n) is 3.26. The number of hydrogen-bond donors (Lipinski definition) is 0. The maximum atomic E-state index is 6.00. The lowest BCUT2D eigenvalue weighted by Crippen LogP contribution is -2.31. The number of hydrogen-bond acceptors (Lipinski definition) is 4. The maximum Gasteiger partial charge on any atom is 0.124 e. The Morgan fingerprint density at radius 3 is 2.80 bits per heavy atom. The van der Waals surface area contributed by atoms with Crippen LogP contribution in [0.25, 0.3) is 0 Å². The second kappa shape index (κ2) is 8.97. The van der Waals surface area contributed by atoms with Crippen molar-refractivity contribution in [2.24, 2.45) is 0 Å². The van der Waals surface area contributed by atoms with E-state index in [2.05, 4.69) is 48.0 Å². The lowest BCUT2D eigenvalue weighted by atomic mass is 10.1. The van der Waals surface area contributed by atoms with Crippen LogP contribution in [0.1, 0.15) is 37.8 Å². The summed E-state index contributed by atoms with van der Waals surface area (Å²) in [6, 6.07) is 12.5. The van der Waals surface area contributed by atoms with Gasteiger partial charge in [-0.2, -0.15) is 0 Å². The van der Waals surface area contributed by atoms with Crippen LogP contribution in [0.3, 0.4) is 0 Å². The summed E-state index contributed by atoms with van der Waals surface area (Å²) < 4.78 is 11.9. The third-order valence-electron chi connectivity index (χ3n) is 4.34. The SMILES string of the molecule is CC(C)Oc1ccccc1CN(Cc1cccnc1)CC1CCCO1. The molecule has 0 saturated carbocycles. The topological polar surface area (TPSA) is 34.6 Å². The molecule has 1 aromatic heterocycles. The van der Waals surface area contributed by atoms with E-state index in [1.807, 2.05) is 24.5 Å². The van der Waals surface area contributed by atoms with Gasteiger partial charge in [0.25, 0.3) is 0 Å². The minimum atomic E-state index is 0.172. The van der Waals surface area contributed by atoms with E-state index in [1.165, 1.54) is 17.5 Å². The number of aromatic nitrogens is 1. The Kier molecular flexibility index (Phi) is 6.42. The van der Waals surface area contributed by atoms with E-state index >= 15 is 0 Å². The predicted octanol–water partition coefficient (Wildman–Crippen LogP) is 4.05. The molecule has 4 heteroatoms. The highest BCUT2D eigenvalue weighted by Crippen LogP contribution is 2.23. The van der Waals surface area contributed by atoms with Crippen molar-refractivity contribution < 1.29 is 9.47 Å². The van der Waals surface area contributed by atoms with E-state index in [0.717, 1.165) is 38.4 Å². The van der Waals surface area contributed by atoms with Gasteiger partial charge in [0.05, 0.1) is 12.2 Å². The molecule has 1 aliphatic rings. The average molecular weight is 340 g/mol. The van der Waals surface area contributed by atoms with E-state index in [0.29, 0.717) is 6.10 Å². The molecule has 1 aliphatic heterocycles. The Morgan fingerprint density at radius 2 is 2.08 bits per heavy atom. The molecule has 0 amide bonds. The van der Waals surface area contributed by atoms with E-state index in [-0.39, 0.29) is 6.10 Å². The fourth-order valence-corrected chi connectivity index (χ4v) is 3.26. The van der Waals surface area contributed by atoms with Gasteiger partial charge in [0.2, 0.25) is 0 Å². The number of para-hydroxylation sites is 1. The van der Waals surface area contributed by atoms with Gasteiger partial charge < -0.3 is 9.47 Å². The van der Waals surface area contributed by atoms with Gasteiger partial charge in [-0.15, -0.1) is 0 Å². The summed E-state index contributed by atoms with van der Waals surface area (Å²) in [4.78, 5) is 6.69. The van der Waals surface area contributed by atoms with Gasteiger partial charge >= 0.3 is 0 Å². The van der Waals surface area contributed by atoms with Gasteiger partial charge in [-0.3, -0.25) is 9.88 Å². The van der Waals surface area contributed by atoms with Gasteiger partial charge in [-0.25, -0.2) is 0 Å². The van der Waals surface area contributed by atoms with Crippen molar-refractivity contribution in [3.63, 3.8) is 0 Å². The summed E-state index contributed by atoms with van der Waals surface area (Å²) in [5.74, 6) is 0.973. The van der Waals surface area contributed by atoms with E-state index in [9.17, 15) is 0 Å². The predicted molar refractivity (Wildman–Crippen MR) is 99.5 cm³/mol. The number of pyridine rings is 1. The van der Waals surface area contributed by atoms with Crippen LogP contribution in [-0.2, 0) is 17.8 Å². The molecular weight excluding hydrogens is 312 g/mol. The first-order chi connectivity index (χ1) is 12.2. The number of benzene rings is 1. The molecule has 0 bridgehead atoms. The molecule has 4 nitrogen and oxygen atoms in total. The molecule has 0 aliphatic carbocycles. The monoisotopic (exact) mass is 340 g/mol. The van der Waals surface area contributed by atoms with Crippen LogP contribution in [0, 0.1) is 0 Å². The van der Waals surface area contributed by atoms with Crippen LogP contribution in [-0.4, -0.2) is 35.2 Å². The standard InChI is InChI=1S/C21H28N2O2/c1-17(2)25-21-10-4-3-8-19(21)15-23(16-20-9-6-12-24-20)14-18-7-5-11-22-13-18/h3-5,7-8,10-11,13,17,20H,6,9,12,14-16H2,1-2H3. The Bertz CT molecular complexity index is 639. The van der Waals surface area contributed by atoms with Crippen molar-refractivity contribution in [1.29, 1.82) is 0 Å². The lowest BCUT2D eigenvalue weighted by Gasteiger charge is -2.26. The summed E-state index contributed by atoms with van der Waals surface area (Å²) in [5, 5.41) is 0. The minimum Gasteiger partial charge on any atom is -0.491 e. The molecule has 134 valence electrons. The third kappa shape index (κ3) is 5.55. The quantitative estimate of drug-likeness (QED) is 0.726. The molecule has 0 radical (unpaired) electrons. The Labute approximate surface area is 150 Å². The average Bonchev–Trinajstić information content (AvgIpc) is 3.10.